The minimum absolute atomic E-state index is 0.180. The molecule has 0 amide bonds. The number of carbonyl (C=O) groups excluding carboxylic acids is 2. The number of fused-ring (bicyclic) bond motifs is 2. The van der Waals surface area contributed by atoms with Gasteiger partial charge in [0.05, 0.1) is 18.0 Å². The Labute approximate surface area is 399 Å². The molecule has 68 heavy (non-hydrogen) atoms. The van der Waals surface area contributed by atoms with Crippen LogP contribution in [0.4, 0.5) is 0 Å². The van der Waals surface area contributed by atoms with Crippen LogP contribution in [0.25, 0.3) is 44.1 Å². The number of terminal acetylenes is 2. The summed E-state index contributed by atoms with van der Waals surface area (Å²) in [5, 5.41) is 3.50. The van der Waals surface area contributed by atoms with Crippen LogP contribution in [-0.2, 0) is 15.9 Å². The summed E-state index contributed by atoms with van der Waals surface area (Å²) in [6, 6.07) is 51.0. The highest BCUT2D eigenvalue weighted by Crippen LogP contribution is 2.34. The molecule has 2 heterocycles. The van der Waals surface area contributed by atoms with E-state index in [4.69, 9.17) is 41.8 Å². The molecule has 0 N–H and O–H groups in total. The predicted molar refractivity (Wildman–Crippen MR) is 272 cm³/mol. The minimum atomic E-state index is -0.467. The van der Waals surface area contributed by atoms with Gasteiger partial charge in [0.2, 0.25) is 0 Å². The van der Waals surface area contributed by atoms with E-state index in [0.29, 0.717) is 47.8 Å². The van der Waals surface area contributed by atoms with Crippen LogP contribution >= 0.6 is 0 Å². The van der Waals surface area contributed by atoms with Crippen molar-refractivity contribution in [1.82, 2.24) is 9.97 Å². The summed E-state index contributed by atoms with van der Waals surface area (Å²) in [6.07, 6.45) is 10.9. The van der Waals surface area contributed by atoms with Crippen LogP contribution in [0.1, 0.15) is 95.8 Å². The maximum Gasteiger partial charge on any atom is 0.357 e. The number of hydrogen-bond donors (Lipinski definition) is 0. The van der Waals surface area contributed by atoms with E-state index in [1.54, 1.807) is 12.1 Å². The third-order valence-corrected chi connectivity index (χ3v) is 11.4. The summed E-state index contributed by atoms with van der Waals surface area (Å²) in [5.41, 5.74) is 8.28. The average Bonchev–Trinajstić information content (AvgIpc) is 3.37. The van der Waals surface area contributed by atoms with Gasteiger partial charge in [0.25, 0.3) is 0 Å². The Balaban J connectivity index is 0.000000201. The lowest BCUT2D eigenvalue weighted by Gasteiger charge is -2.15. The lowest BCUT2D eigenvalue weighted by Crippen LogP contribution is -2.11. The zero-order chi connectivity index (χ0) is 48.0. The molecule has 8 heteroatoms. The Hall–Kier alpha value is -8.20. The fourth-order valence-corrected chi connectivity index (χ4v) is 7.58. The van der Waals surface area contributed by atoms with Crippen molar-refractivity contribution in [2.24, 2.45) is 0 Å². The standard InChI is InChI=1S/2C30H27NO3/c1-5-17-33-26-16-15-25-18-28(30(32)34-21(4)23-9-7-6-8-10-23)31-29(27(25)19-26)24-13-11-22(12-14-24)20(2)3;1-4-17-33-26-15-14-25-19-28(30(32)34-18-16-22-8-6-5-7-9-22)31-29(27(25)20-26)24-12-10-23(11-13-24)21(2)3/h1,6-16,18-21H,17H2,2-4H3;1,5-15,19-21H,16-18H2,2-3H3. The number of ether oxygens (including phenoxy) is 4. The van der Waals surface area contributed by atoms with Crippen LogP contribution in [0.3, 0.4) is 0 Å². The Morgan fingerprint density at radius 2 is 0.985 bits per heavy atom. The topological polar surface area (TPSA) is 96.8 Å². The van der Waals surface area contributed by atoms with E-state index in [1.165, 1.54) is 11.1 Å². The quantitative estimate of drug-likeness (QED) is 0.0741. The third kappa shape index (κ3) is 12.2. The Bertz CT molecular complexity index is 3080. The zero-order valence-corrected chi connectivity index (χ0v) is 39.1. The van der Waals surface area contributed by atoms with Gasteiger partial charge in [-0.3, -0.25) is 0 Å². The van der Waals surface area contributed by atoms with E-state index < -0.39 is 11.9 Å². The first-order valence-corrected chi connectivity index (χ1v) is 22.7. The van der Waals surface area contributed by atoms with Gasteiger partial charge in [-0.2, -0.15) is 0 Å². The van der Waals surface area contributed by atoms with E-state index >= 15 is 0 Å². The summed E-state index contributed by atoms with van der Waals surface area (Å²) in [7, 11) is 0. The highest BCUT2D eigenvalue weighted by molar-refractivity contribution is 6.01. The van der Waals surface area contributed by atoms with Crippen molar-refractivity contribution in [3.63, 3.8) is 0 Å². The Kier molecular flexibility index (Phi) is 16.0. The molecular formula is C60H54N2O6. The average molecular weight is 899 g/mol. The second kappa shape index (κ2) is 22.8. The first-order valence-electron chi connectivity index (χ1n) is 22.7. The van der Waals surface area contributed by atoms with E-state index in [1.807, 2.05) is 128 Å². The second-order valence-electron chi connectivity index (χ2n) is 16.8. The highest BCUT2D eigenvalue weighted by atomic mass is 16.5. The summed E-state index contributed by atoms with van der Waals surface area (Å²) in [4.78, 5) is 35.4. The van der Waals surface area contributed by atoms with Crippen LogP contribution in [-0.4, -0.2) is 41.7 Å². The van der Waals surface area contributed by atoms with Crippen LogP contribution in [0.15, 0.2) is 158 Å². The van der Waals surface area contributed by atoms with Crippen molar-refractivity contribution in [2.45, 2.75) is 59.0 Å². The molecule has 340 valence electrons. The van der Waals surface area contributed by atoms with Gasteiger partial charge in [-0.25, -0.2) is 19.6 Å². The number of hydrogen-bond acceptors (Lipinski definition) is 8. The molecule has 0 aliphatic heterocycles. The number of pyridine rings is 2. The van der Waals surface area contributed by atoms with Gasteiger partial charge in [0.1, 0.15) is 42.2 Å². The largest absolute Gasteiger partial charge is 0.481 e. The molecule has 6 aromatic carbocycles. The summed E-state index contributed by atoms with van der Waals surface area (Å²) in [5.74, 6) is 6.22. The Morgan fingerprint density at radius 3 is 1.44 bits per heavy atom. The number of benzene rings is 6. The van der Waals surface area contributed by atoms with Gasteiger partial charge < -0.3 is 18.9 Å². The normalized spacial score (nSPS) is 11.2. The van der Waals surface area contributed by atoms with Crippen molar-refractivity contribution < 1.29 is 28.5 Å². The third-order valence-electron chi connectivity index (χ3n) is 11.4. The van der Waals surface area contributed by atoms with Crippen LogP contribution in [0, 0.1) is 24.7 Å². The van der Waals surface area contributed by atoms with Crippen molar-refractivity contribution in [3.8, 4) is 58.7 Å². The van der Waals surface area contributed by atoms with Crippen molar-refractivity contribution in [1.29, 1.82) is 0 Å². The number of esters is 2. The van der Waals surface area contributed by atoms with Crippen molar-refractivity contribution >= 4 is 33.5 Å². The number of rotatable bonds is 15. The van der Waals surface area contributed by atoms with Gasteiger partial charge in [-0.15, -0.1) is 12.8 Å². The maximum absolute atomic E-state index is 13.1. The molecule has 0 radical (unpaired) electrons. The number of nitrogens with zero attached hydrogens (tertiary/aromatic N) is 2. The molecule has 1 unspecified atom stereocenters. The van der Waals surface area contributed by atoms with Gasteiger partial charge in [-0.05, 0) is 88.2 Å². The second-order valence-corrected chi connectivity index (χ2v) is 16.8. The first kappa shape index (κ1) is 47.8. The maximum atomic E-state index is 13.1. The fourth-order valence-electron chi connectivity index (χ4n) is 7.58. The molecule has 2 aromatic heterocycles. The summed E-state index contributed by atoms with van der Waals surface area (Å²) >= 11 is 0. The van der Waals surface area contributed by atoms with E-state index in [0.717, 1.165) is 43.8 Å². The molecule has 8 aromatic rings. The van der Waals surface area contributed by atoms with Gasteiger partial charge in [-0.1, -0.05) is 161 Å². The zero-order valence-electron chi connectivity index (χ0n) is 39.1. The minimum Gasteiger partial charge on any atom is -0.481 e. The summed E-state index contributed by atoms with van der Waals surface area (Å²) in [6.45, 7) is 11.1. The lowest BCUT2D eigenvalue weighted by atomic mass is 9.98. The van der Waals surface area contributed by atoms with E-state index in [-0.39, 0.29) is 30.7 Å². The Morgan fingerprint density at radius 1 is 0.529 bits per heavy atom. The highest BCUT2D eigenvalue weighted by Gasteiger charge is 2.20. The summed E-state index contributed by atoms with van der Waals surface area (Å²) < 4.78 is 22.5. The van der Waals surface area contributed by atoms with Crippen LogP contribution < -0.4 is 9.47 Å². The number of carbonyl (C=O) groups is 2. The fraction of sp³-hybridized carbons (Fsp3) is 0.200. The van der Waals surface area contributed by atoms with Crippen LogP contribution in [0.5, 0.6) is 11.5 Å². The monoisotopic (exact) mass is 898 g/mol. The lowest BCUT2D eigenvalue weighted by molar-refractivity contribution is 0.0330. The molecule has 1 atom stereocenters. The van der Waals surface area contributed by atoms with E-state index in [9.17, 15) is 9.59 Å². The number of aromatic nitrogens is 2. The van der Waals surface area contributed by atoms with Crippen LogP contribution in [0.2, 0.25) is 0 Å². The molecular weight excluding hydrogens is 845 g/mol. The molecule has 0 aliphatic rings. The molecule has 0 saturated heterocycles. The molecule has 8 rings (SSSR count). The predicted octanol–water partition coefficient (Wildman–Crippen LogP) is 13.4. The molecule has 0 spiro atoms. The molecule has 0 fully saturated rings. The molecule has 8 nitrogen and oxygen atoms in total. The SMILES string of the molecule is C#CCOc1ccc2cc(C(=O)OC(C)c3ccccc3)nc(-c3ccc(C(C)C)cc3)c2c1.C#CCOc1ccc2cc(C(=O)OCCc3ccccc3)nc(-c3ccc(C(C)C)cc3)c2c1. The molecule has 0 saturated carbocycles. The smallest absolute Gasteiger partial charge is 0.357 e. The first-order chi connectivity index (χ1) is 33.0. The van der Waals surface area contributed by atoms with Gasteiger partial charge >= 0.3 is 11.9 Å². The molecule has 0 aliphatic carbocycles. The van der Waals surface area contributed by atoms with Gasteiger partial charge in [0, 0.05) is 28.3 Å². The van der Waals surface area contributed by atoms with Crippen molar-refractivity contribution in [3.05, 3.63) is 191 Å². The van der Waals surface area contributed by atoms with Crippen molar-refractivity contribution in [2.75, 3.05) is 19.8 Å². The molecule has 0 bridgehead atoms. The van der Waals surface area contributed by atoms with E-state index in [2.05, 4.69) is 63.8 Å². The van der Waals surface area contributed by atoms with Gasteiger partial charge in [0.15, 0.2) is 0 Å².